The summed E-state index contributed by atoms with van der Waals surface area (Å²) in [6.07, 6.45) is 1.21. The van der Waals surface area contributed by atoms with Crippen LogP contribution in [0.4, 0.5) is 11.4 Å². The molecule has 0 aliphatic carbocycles. The first-order valence-electron chi connectivity index (χ1n) is 9.29. The smallest absolute Gasteiger partial charge is 0.271 e. The van der Waals surface area contributed by atoms with Crippen LogP contribution in [0.15, 0.2) is 82.8 Å². The molecule has 0 aromatic heterocycles. The molecule has 0 spiro atoms. The predicted molar refractivity (Wildman–Crippen MR) is 126 cm³/mol. The van der Waals surface area contributed by atoms with Crippen molar-refractivity contribution >= 4 is 56.7 Å². The molecule has 0 heterocycles. The van der Waals surface area contributed by atoms with Crippen LogP contribution < -0.4 is 9.73 Å². The van der Waals surface area contributed by atoms with Gasteiger partial charge < -0.3 is 0 Å². The van der Waals surface area contributed by atoms with Crippen LogP contribution in [-0.2, 0) is 14.8 Å². The Balaban J connectivity index is 1.93. The summed E-state index contributed by atoms with van der Waals surface area (Å²) in [5.41, 5.74) is 1.81. The molecule has 0 bridgehead atoms. The van der Waals surface area contributed by atoms with Crippen molar-refractivity contribution in [3.63, 3.8) is 0 Å². The summed E-state index contributed by atoms with van der Waals surface area (Å²) >= 11 is 12.1. The minimum atomic E-state index is -4.32. The Kier molecular flexibility index (Phi) is 7.64. The molecule has 0 aliphatic heterocycles. The van der Waals surface area contributed by atoms with Crippen molar-refractivity contribution in [3.05, 3.63) is 98.5 Å². The molecule has 0 radical (unpaired) electrons. The SMILES string of the molecule is O=C(CN(c1ccccc1[N+](=O)[O-])S(=O)(=O)c1ccccc1)N/N=C\c1c(Cl)cccc1Cl. The summed E-state index contributed by atoms with van der Waals surface area (Å²) in [6, 6.07) is 17.3. The fraction of sp³-hybridized carbons (Fsp3) is 0.0476. The number of hydrazone groups is 1. The number of para-hydroxylation sites is 2. The Labute approximate surface area is 199 Å². The van der Waals surface area contributed by atoms with Crippen LogP contribution in [0.5, 0.6) is 0 Å². The van der Waals surface area contributed by atoms with Gasteiger partial charge in [0.1, 0.15) is 12.2 Å². The second-order valence-electron chi connectivity index (χ2n) is 6.50. The normalized spacial score (nSPS) is 11.3. The van der Waals surface area contributed by atoms with E-state index >= 15 is 0 Å². The maximum atomic E-state index is 13.3. The number of amides is 1. The Bertz CT molecular complexity index is 1300. The number of rotatable bonds is 8. The molecule has 33 heavy (non-hydrogen) atoms. The highest BCUT2D eigenvalue weighted by Gasteiger charge is 2.31. The summed E-state index contributed by atoms with van der Waals surface area (Å²) in [5.74, 6) is -0.841. The van der Waals surface area contributed by atoms with Gasteiger partial charge in [-0.1, -0.05) is 59.6 Å². The number of nitrogens with zero attached hydrogens (tertiary/aromatic N) is 3. The first-order chi connectivity index (χ1) is 15.7. The van der Waals surface area contributed by atoms with E-state index in [4.69, 9.17) is 23.2 Å². The van der Waals surface area contributed by atoms with E-state index in [2.05, 4.69) is 10.5 Å². The fourth-order valence-corrected chi connectivity index (χ4v) is 4.77. The fourth-order valence-electron chi connectivity index (χ4n) is 2.82. The molecule has 0 fully saturated rings. The molecule has 0 saturated carbocycles. The summed E-state index contributed by atoms with van der Waals surface area (Å²) in [6.45, 7) is -0.768. The van der Waals surface area contributed by atoms with Crippen LogP contribution in [0.2, 0.25) is 10.0 Å². The Morgan fingerprint density at radius 2 is 1.61 bits per heavy atom. The molecular weight excluding hydrogens is 491 g/mol. The highest BCUT2D eigenvalue weighted by Crippen LogP contribution is 2.32. The van der Waals surface area contributed by atoms with E-state index in [9.17, 15) is 23.3 Å². The summed E-state index contributed by atoms with van der Waals surface area (Å²) in [5, 5.41) is 15.9. The highest BCUT2D eigenvalue weighted by atomic mass is 35.5. The van der Waals surface area contributed by atoms with Gasteiger partial charge in [0.15, 0.2) is 0 Å². The van der Waals surface area contributed by atoms with E-state index in [-0.39, 0.29) is 10.6 Å². The highest BCUT2D eigenvalue weighted by molar-refractivity contribution is 7.92. The number of nitro groups is 1. The molecule has 3 aromatic rings. The molecule has 0 atom stereocenters. The second kappa shape index (κ2) is 10.4. The quantitative estimate of drug-likeness (QED) is 0.278. The maximum Gasteiger partial charge on any atom is 0.293 e. The monoisotopic (exact) mass is 506 g/mol. The Hall–Kier alpha value is -3.47. The molecule has 0 saturated heterocycles. The lowest BCUT2D eigenvalue weighted by atomic mass is 10.2. The number of carbonyl (C=O) groups excluding carboxylic acids is 1. The molecule has 170 valence electrons. The van der Waals surface area contributed by atoms with E-state index in [0.29, 0.717) is 19.9 Å². The van der Waals surface area contributed by atoms with Crippen LogP contribution in [0, 0.1) is 10.1 Å². The first-order valence-corrected chi connectivity index (χ1v) is 11.5. The number of hydrogen-bond donors (Lipinski definition) is 1. The van der Waals surface area contributed by atoms with Crippen molar-refractivity contribution in [1.29, 1.82) is 0 Å². The lowest BCUT2D eigenvalue weighted by Gasteiger charge is -2.23. The summed E-state index contributed by atoms with van der Waals surface area (Å²) < 4.78 is 27.2. The van der Waals surface area contributed by atoms with Crippen LogP contribution in [0.1, 0.15) is 5.56 Å². The molecular formula is C21H16Cl2N4O5S. The van der Waals surface area contributed by atoms with E-state index < -0.39 is 33.1 Å². The average Bonchev–Trinajstić information content (AvgIpc) is 2.80. The third-order valence-corrected chi connectivity index (χ3v) is 6.78. The molecule has 9 nitrogen and oxygen atoms in total. The van der Waals surface area contributed by atoms with Gasteiger partial charge in [-0.15, -0.1) is 0 Å². The van der Waals surface area contributed by atoms with Crippen molar-refractivity contribution < 1.29 is 18.1 Å². The van der Waals surface area contributed by atoms with Crippen LogP contribution in [0.3, 0.4) is 0 Å². The minimum Gasteiger partial charge on any atom is -0.271 e. The van der Waals surface area contributed by atoms with E-state index in [1.54, 1.807) is 24.3 Å². The average molecular weight is 507 g/mol. The van der Waals surface area contributed by atoms with Gasteiger partial charge in [0.05, 0.1) is 26.1 Å². The third-order valence-electron chi connectivity index (χ3n) is 4.35. The van der Waals surface area contributed by atoms with Gasteiger partial charge in [0, 0.05) is 11.6 Å². The molecule has 3 rings (SSSR count). The lowest BCUT2D eigenvalue weighted by molar-refractivity contribution is -0.384. The minimum absolute atomic E-state index is 0.137. The molecule has 0 aliphatic rings. The van der Waals surface area contributed by atoms with Gasteiger partial charge in [-0.3, -0.25) is 14.9 Å². The number of halogens is 2. The standard InChI is InChI=1S/C21H16Cl2N4O5S/c22-17-9-6-10-18(23)16(17)13-24-25-21(28)14-26(19-11-4-5-12-20(19)27(29)30)33(31,32)15-7-2-1-3-8-15/h1-13H,14H2,(H,25,28)/b24-13-. The van der Waals surface area contributed by atoms with Gasteiger partial charge in [0.2, 0.25) is 0 Å². The zero-order valence-corrected chi connectivity index (χ0v) is 19.1. The number of anilines is 1. The van der Waals surface area contributed by atoms with Crippen molar-refractivity contribution in [2.45, 2.75) is 4.90 Å². The third kappa shape index (κ3) is 5.67. The van der Waals surface area contributed by atoms with Crippen molar-refractivity contribution in [1.82, 2.24) is 5.43 Å². The van der Waals surface area contributed by atoms with Crippen LogP contribution in [0.25, 0.3) is 0 Å². The van der Waals surface area contributed by atoms with Crippen molar-refractivity contribution in [2.24, 2.45) is 5.10 Å². The van der Waals surface area contributed by atoms with Crippen molar-refractivity contribution in [2.75, 3.05) is 10.8 Å². The Morgan fingerprint density at radius 1 is 1.00 bits per heavy atom. The molecule has 3 aromatic carbocycles. The second-order valence-corrected chi connectivity index (χ2v) is 9.18. The number of nitrogens with one attached hydrogen (secondary N) is 1. The topological polar surface area (TPSA) is 122 Å². The lowest BCUT2D eigenvalue weighted by Crippen LogP contribution is -2.39. The van der Waals surface area contributed by atoms with Crippen LogP contribution in [-0.4, -0.2) is 32.0 Å². The van der Waals surface area contributed by atoms with Crippen molar-refractivity contribution in [3.8, 4) is 0 Å². The van der Waals surface area contributed by atoms with E-state index in [1.807, 2.05) is 0 Å². The Morgan fingerprint density at radius 3 is 2.24 bits per heavy atom. The molecule has 0 unspecified atom stereocenters. The largest absolute Gasteiger partial charge is 0.293 e. The van der Waals surface area contributed by atoms with Gasteiger partial charge in [0.25, 0.3) is 21.6 Å². The summed E-state index contributed by atoms with van der Waals surface area (Å²) in [7, 11) is -4.32. The van der Waals surface area contributed by atoms with Crippen LogP contribution >= 0.6 is 23.2 Å². The molecule has 1 N–H and O–H groups in total. The number of sulfonamides is 1. The van der Waals surface area contributed by atoms with E-state index in [0.717, 1.165) is 6.07 Å². The van der Waals surface area contributed by atoms with Gasteiger partial charge >= 0.3 is 0 Å². The summed E-state index contributed by atoms with van der Waals surface area (Å²) in [4.78, 5) is 23.2. The van der Waals surface area contributed by atoms with Gasteiger partial charge in [-0.2, -0.15) is 5.10 Å². The zero-order valence-electron chi connectivity index (χ0n) is 16.8. The molecule has 1 amide bonds. The van der Waals surface area contributed by atoms with E-state index in [1.165, 1.54) is 48.7 Å². The van der Waals surface area contributed by atoms with Gasteiger partial charge in [-0.05, 0) is 30.3 Å². The first kappa shape index (κ1) is 24.2. The predicted octanol–water partition coefficient (Wildman–Crippen LogP) is 4.25. The maximum absolute atomic E-state index is 13.3. The number of hydrogen-bond acceptors (Lipinski definition) is 6. The number of nitro benzene ring substituents is 1. The zero-order chi connectivity index (χ0) is 24.0. The molecule has 12 heteroatoms. The van der Waals surface area contributed by atoms with Gasteiger partial charge in [-0.25, -0.2) is 18.1 Å². The number of carbonyl (C=O) groups is 1. The number of benzene rings is 3.